The highest BCUT2D eigenvalue weighted by atomic mass is 16.2. The minimum absolute atomic E-state index is 0.0104. The fraction of sp³-hybridized carbons (Fsp3) is 0.458. The van der Waals surface area contributed by atoms with E-state index in [0.29, 0.717) is 0 Å². The lowest BCUT2D eigenvalue weighted by Gasteiger charge is -2.42. The van der Waals surface area contributed by atoms with Crippen LogP contribution in [0, 0.1) is 0 Å². The van der Waals surface area contributed by atoms with Crippen LogP contribution in [0.2, 0.25) is 0 Å². The fourth-order valence-corrected chi connectivity index (χ4v) is 4.53. The van der Waals surface area contributed by atoms with Crippen molar-refractivity contribution in [2.75, 3.05) is 19.6 Å². The number of rotatable bonds is 6. The van der Waals surface area contributed by atoms with Crippen molar-refractivity contribution < 1.29 is 4.79 Å². The average molecular weight is 378 g/mol. The van der Waals surface area contributed by atoms with Crippen molar-refractivity contribution in [3.63, 3.8) is 0 Å². The van der Waals surface area contributed by atoms with Crippen molar-refractivity contribution >= 4 is 6.03 Å². The Hall–Kier alpha value is -2.33. The van der Waals surface area contributed by atoms with Crippen LogP contribution in [0.4, 0.5) is 4.79 Å². The lowest BCUT2D eigenvalue weighted by atomic mass is 9.64. The van der Waals surface area contributed by atoms with Gasteiger partial charge in [0.2, 0.25) is 0 Å². The van der Waals surface area contributed by atoms with E-state index in [4.69, 9.17) is 0 Å². The zero-order chi connectivity index (χ0) is 19.2. The highest BCUT2D eigenvalue weighted by Gasteiger charge is 2.38. The molecule has 0 radical (unpaired) electrons. The molecule has 0 unspecified atom stereocenters. The number of nitrogens with zero attached hydrogens (tertiary/aromatic N) is 1. The van der Waals surface area contributed by atoms with E-state index in [1.54, 1.807) is 0 Å². The number of hydrogen-bond donors (Lipinski definition) is 2. The molecular formula is C24H31N3O. The molecule has 0 atom stereocenters. The second-order valence-electron chi connectivity index (χ2n) is 8.36. The van der Waals surface area contributed by atoms with Crippen LogP contribution in [-0.2, 0) is 12.0 Å². The standard InChI is InChI=1S/C24H31N3O/c28-23(25-19-24(14-7-15-24)21-10-5-2-6-11-21)26-22-12-16-27(17-13-22)18-20-8-3-1-4-9-20/h1-6,8-11,22H,7,12-19H2,(H2,25,26,28). The lowest BCUT2D eigenvalue weighted by Crippen LogP contribution is -2.51. The molecule has 1 aliphatic carbocycles. The summed E-state index contributed by atoms with van der Waals surface area (Å²) in [6.45, 7) is 3.80. The number of urea groups is 1. The quantitative estimate of drug-likeness (QED) is 0.797. The summed E-state index contributed by atoms with van der Waals surface area (Å²) < 4.78 is 0. The number of amides is 2. The Kier molecular flexibility index (Phi) is 5.96. The number of benzene rings is 2. The second kappa shape index (κ2) is 8.78. The molecule has 2 aliphatic rings. The first kappa shape index (κ1) is 19.0. The number of carbonyl (C=O) groups excluding carboxylic acids is 1. The van der Waals surface area contributed by atoms with Gasteiger partial charge in [-0.3, -0.25) is 4.90 Å². The molecule has 1 saturated carbocycles. The first-order chi connectivity index (χ1) is 13.7. The fourth-order valence-electron chi connectivity index (χ4n) is 4.53. The maximum atomic E-state index is 12.5. The summed E-state index contributed by atoms with van der Waals surface area (Å²) >= 11 is 0. The first-order valence-electron chi connectivity index (χ1n) is 10.6. The summed E-state index contributed by atoms with van der Waals surface area (Å²) in [6.07, 6.45) is 5.61. The molecule has 0 spiro atoms. The smallest absolute Gasteiger partial charge is 0.315 e. The van der Waals surface area contributed by atoms with Gasteiger partial charge in [-0.25, -0.2) is 4.79 Å². The molecule has 0 aromatic heterocycles. The number of nitrogens with one attached hydrogen (secondary N) is 2. The molecular weight excluding hydrogens is 346 g/mol. The van der Waals surface area contributed by atoms with E-state index in [1.807, 2.05) is 0 Å². The number of hydrogen-bond acceptors (Lipinski definition) is 2. The zero-order valence-corrected chi connectivity index (χ0v) is 16.6. The summed E-state index contributed by atoms with van der Waals surface area (Å²) in [7, 11) is 0. The van der Waals surface area contributed by atoms with Crippen LogP contribution >= 0.6 is 0 Å². The Morgan fingerprint density at radius 3 is 2.21 bits per heavy atom. The number of carbonyl (C=O) groups is 1. The first-order valence-corrected chi connectivity index (χ1v) is 10.6. The van der Waals surface area contributed by atoms with E-state index < -0.39 is 0 Å². The summed E-state index contributed by atoms with van der Waals surface area (Å²) in [5.41, 5.74) is 2.85. The van der Waals surface area contributed by atoms with Gasteiger partial charge in [0.15, 0.2) is 0 Å². The summed E-state index contributed by atoms with van der Waals surface area (Å²) in [5.74, 6) is 0. The van der Waals surface area contributed by atoms with E-state index in [1.165, 1.54) is 17.5 Å². The van der Waals surface area contributed by atoms with Crippen LogP contribution in [-0.4, -0.2) is 36.6 Å². The Balaban J connectivity index is 1.21. The molecule has 2 N–H and O–H groups in total. The molecule has 4 rings (SSSR count). The Labute approximate surface area is 168 Å². The van der Waals surface area contributed by atoms with Gasteiger partial charge in [-0.2, -0.15) is 0 Å². The number of piperidine rings is 1. The van der Waals surface area contributed by atoms with Gasteiger partial charge < -0.3 is 10.6 Å². The van der Waals surface area contributed by atoms with Gasteiger partial charge in [0.25, 0.3) is 0 Å². The number of likely N-dealkylation sites (tertiary alicyclic amines) is 1. The summed E-state index contributed by atoms with van der Waals surface area (Å²) in [6, 6.07) is 21.5. The molecule has 0 bridgehead atoms. The van der Waals surface area contributed by atoms with E-state index >= 15 is 0 Å². The van der Waals surface area contributed by atoms with Crippen LogP contribution in [0.5, 0.6) is 0 Å². The van der Waals surface area contributed by atoms with Gasteiger partial charge in [0, 0.05) is 37.6 Å². The van der Waals surface area contributed by atoms with Gasteiger partial charge in [-0.15, -0.1) is 0 Å². The van der Waals surface area contributed by atoms with E-state index in [2.05, 4.69) is 76.2 Å². The molecule has 2 aromatic carbocycles. The third-order valence-corrected chi connectivity index (χ3v) is 6.46. The highest BCUT2D eigenvalue weighted by molar-refractivity contribution is 5.74. The van der Waals surface area contributed by atoms with Gasteiger partial charge in [0.05, 0.1) is 0 Å². The molecule has 4 heteroatoms. The van der Waals surface area contributed by atoms with Crippen LogP contribution in [0.1, 0.15) is 43.2 Å². The Morgan fingerprint density at radius 2 is 1.61 bits per heavy atom. The van der Waals surface area contributed by atoms with Crippen molar-refractivity contribution in [2.24, 2.45) is 0 Å². The minimum Gasteiger partial charge on any atom is -0.337 e. The van der Waals surface area contributed by atoms with Crippen molar-refractivity contribution in [2.45, 2.75) is 50.1 Å². The molecule has 2 aromatic rings. The van der Waals surface area contributed by atoms with E-state index in [0.717, 1.165) is 51.9 Å². The van der Waals surface area contributed by atoms with E-state index in [-0.39, 0.29) is 17.5 Å². The van der Waals surface area contributed by atoms with Crippen LogP contribution in [0.25, 0.3) is 0 Å². The molecule has 148 valence electrons. The lowest BCUT2D eigenvalue weighted by molar-refractivity contribution is 0.182. The molecule has 1 saturated heterocycles. The largest absolute Gasteiger partial charge is 0.337 e. The highest BCUT2D eigenvalue weighted by Crippen LogP contribution is 2.43. The monoisotopic (exact) mass is 377 g/mol. The molecule has 2 fully saturated rings. The molecule has 1 aliphatic heterocycles. The SMILES string of the molecule is O=C(NCC1(c2ccccc2)CCC1)NC1CCN(Cc2ccccc2)CC1. The third kappa shape index (κ3) is 4.56. The van der Waals surface area contributed by atoms with Crippen LogP contribution < -0.4 is 10.6 Å². The molecule has 4 nitrogen and oxygen atoms in total. The van der Waals surface area contributed by atoms with Crippen molar-refractivity contribution in [3.8, 4) is 0 Å². The van der Waals surface area contributed by atoms with Gasteiger partial charge >= 0.3 is 6.03 Å². The van der Waals surface area contributed by atoms with Gasteiger partial charge in [-0.05, 0) is 36.8 Å². The maximum absolute atomic E-state index is 12.5. The van der Waals surface area contributed by atoms with Crippen LogP contribution in [0.3, 0.4) is 0 Å². The van der Waals surface area contributed by atoms with Gasteiger partial charge in [0.1, 0.15) is 0 Å². The van der Waals surface area contributed by atoms with Crippen LogP contribution in [0.15, 0.2) is 60.7 Å². The van der Waals surface area contributed by atoms with Crippen molar-refractivity contribution in [1.82, 2.24) is 15.5 Å². The minimum atomic E-state index is -0.0104. The average Bonchev–Trinajstić information content (AvgIpc) is 2.70. The molecule has 2 amide bonds. The predicted octanol–water partition coefficient (Wildman–Crippen LogP) is 4.07. The second-order valence-corrected chi connectivity index (χ2v) is 8.36. The topological polar surface area (TPSA) is 44.4 Å². The zero-order valence-electron chi connectivity index (χ0n) is 16.6. The predicted molar refractivity (Wildman–Crippen MR) is 113 cm³/mol. The summed E-state index contributed by atoms with van der Waals surface area (Å²) in [4.78, 5) is 14.9. The summed E-state index contributed by atoms with van der Waals surface area (Å²) in [5, 5.41) is 6.36. The molecule has 1 heterocycles. The normalized spacial score (nSPS) is 19.6. The third-order valence-electron chi connectivity index (χ3n) is 6.46. The van der Waals surface area contributed by atoms with Crippen molar-refractivity contribution in [1.29, 1.82) is 0 Å². The van der Waals surface area contributed by atoms with Gasteiger partial charge in [-0.1, -0.05) is 67.1 Å². The molecule has 28 heavy (non-hydrogen) atoms. The van der Waals surface area contributed by atoms with E-state index in [9.17, 15) is 4.79 Å². The van der Waals surface area contributed by atoms with Crippen molar-refractivity contribution in [3.05, 3.63) is 71.8 Å². The Bertz CT molecular complexity index is 750. The maximum Gasteiger partial charge on any atom is 0.315 e. The Morgan fingerprint density at radius 1 is 0.964 bits per heavy atom.